The monoisotopic (exact) mass is 288 g/mol. The lowest BCUT2D eigenvalue weighted by Crippen LogP contribution is -2.40. The molecule has 0 aliphatic carbocycles. The fraction of sp³-hybridized carbons (Fsp3) is 0.375. The number of aromatic amines is 1. The Morgan fingerprint density at radius 2 is 1.90 bits per heavy atom. The predicted octanol–water partition coefficient (Wildman–Crippen LogP) is 2.62. The van der Waals surface area contributed by atoms with Crippen molar-refractivity contribution < 1.29 is 14.7 Å². The first-order valence-corrected chi connectivity index (χ1v) is 6.94. The maximum absolute atomic E-state index is 12.4. The number of nitrogens with one attached hydrogen (secondary N) is 2. The van der Waals surface area contributed by atoms with Crippen molar-refractivity contribution in [3.63, 3.8) is 0 Å². The standard InChI is InChI=1S/C16H20N2O3/c1-8-10(3)17-14-12(8)6-5-7-13(14)15(19)18-11(4)9(2)16(20)21/h5-7,9,11,17H,1-4H3,(H,18,19)(H,20,21). The van der Waals surface area contributed by atoms with Gasteiger partial charge in [0.05, 0.1) is 17.0 Å². The molecule has 0 saturated heterocycles. The summed E-state index contributed by atoms with van der Waals surface area (Å²) in [6.07, 6.45) is 0. The van der Waals surface area contributed by atoms with Gasteiger partial charge >= 0.3 is 5.97 Å². The Labute approximate surface area is 123 Å². The van der Waals surface area contributed by atoms with Crippen LogP contribution in [0.2, 0.25) is 0 Å². The molecule has 0 fully saturated rings. The number of carboxylic acid groups (broad SMARTS) is 1. The molecule has 3 N–H and O–H groups in total. The van der Waals surface area contributed by atoms with Crippen LogP contribution in [0.3, 0.4) is 0 Å². The average Bonchev–Trinajstić information content (AvgIpc) is 2.73. The minimum Gasteiger partial charge on any atom is -0.481 e. The van der Waals surface area contributed by atoms with Gasteiger partial charge in [-0.15, -0.1) is 0 Å². The van der Waals surface area contributed by atoms with E-state index in [0.29, 0.717) is 5.56 Å². The molecule has 0 spiro atoms. The molecule has 0 radical (unpaired) electrons. The fourth-order valence-corrected chi connectivity index (χ4v) is 2.30. The number of carbonyl (C=O) groups is 2. The van der Waals surface area contributed by atoms with Gasteiger partial charge in [-0.2, -0.15) is 0 Å². The third-order valence-electron chi connectivity index (χ3n) is 4.09. The summed E-state index contributed by atoms with van der Waals surface area (Å²) >= 11 is 0. The molecule has 0 saturated carbocycles. The van der Waals surface area contributed by atoms with Gasteiger partial charge in [-0.05, 0) is 39.3 Å². The molecule has 2 aromatic rings. The Bertz CT molecular complexity index is 703. The number of H-pyrrole nitrogens is 1. The van der Waals surface area contributed by atoms with Gasteiger partial charge in [-0.1, -0.05) is 12.1 Å². The first kappa shape index (κ1) is 15.1. The van der Waals surface area contributed by atoms with Gasteiger partial charge in [-0.3, -0.25) is 9.59 Å². The molecule has 0 bridgehead atoms. The fourth-order valence-electron chi connectivity index (χ4n) is 2.30. The second-order valence-electron chi connectivity index (χ2n) is 5.49. The number of aryl methyl sites for hydroxylation is 2. The molecule has 2 rings (SSSR count). The number of carbonyl (C=O) groups excluding carboxylic acids is 1. The Balaban J connectivity index is 2.32. The number of amides is 1. The SMILES string of the molecule is Cc1[nH]c2c(C(=O)NC(C)C(C)C(=O)O)cccc2c1C. The minimum absolute atomic E-state index is 0.262. The number of hydrogen-bond acceptors (Lipinski definition) is 2. The second kappa shape index (κ2) is 5.60. The van der Waals surface area contributed by atoms with Crippen LogP contribution in [0.5, 0.6) is 0 Å². The van der Waals surface area contributed by atoms with Crippen molar-refractivity contribution in [3.8, 4) is 0 Å². The van der Waals surface area contributed by atoms with Gasteiger partial charge in [0.25, 0.3) is 5.91 Å². The van der Waals surface area contributed by atoms with E-state index in [0.717, 1.165) is 22.2 Å². The lowest BCUT2D eigenvalue weighted by Gasteiger charge is -2.18. The van der Waals surface area contributed by atoms with Gasteiger partial charge in [-0.25, -0.2) is 0 Å². The number of fused-ring (bicyclic) bond motifs is 1. The average molecular weight is 288 g/mol. The van der Waals surface area contributed by atoms with Crippen molar-refractivity contribution in [1.82, 2.24) is 10.3 Å². The zero-order chi connectivity index (χ0) is 15.7. The van der Waals surface area contributed by atoms with Crippen LogP contribution in [0, 0.1) is 19.8 Å². The molecule has 1 amide bonds. The molecular formula is C16H20N2O3. The number of para-hydroxylation sites is 1. The zero-order valence-corrected chi connectivity index (χ0v) is 12.7. The summed E-state index contributed by atoms with van der Waals surface area (Å²) in [5, 5.41) is 12.8. The summed E-state index contributed by atoms with van der Waals surface area (Å²) < 4.78 is 0. The quantitative estimate of drug-likeness (QED) is 0.808. The van der Waals surface area contributed by atoms with Crippen LogP contribution in [0.15, 0.2) is 18.2 Å². The number of benzene rings is 1. The van der Waals surface area contributed by atoms with Gasteiger partial charge in [0.2, 0.25) is 0 Å². The van der Waals surface area contributed by atoms with E-state index < -0.39 is 17.9 Å². The van der Waals surface area contributed by atoms with Crippen molar-refractivity contribution in [2.45, 2.75) is 33.7 Å². The van der Waals surface area contributed by atoms with Gasteiger partial charge < -0.3 is 15.4 Å². The number of aromatic nitrogens is 1. The molecule has 1 heterocycles. The number of rotatable bonds is 4. The van der Waals surface area contributed by atoms with Crippen molar-refractivity contribution in [1.29, 1.82) is 0 Å². The first-order chi connectivity index (χ1) is 9.82. The highest BCUT2D eigenvalue weighted by molar-refractivity contribution is 6.06. The molecule has 112 valence electrons. The maximum Gasteiger partial charge on any atom is 0.308 e. The topological polar surface area (TPSA) is 82.2 Å². The zero-order valence-electron chi connectivity index (χ0n) is 12.7. The predicted molar refractivity (Wildman–Crippen MR) is 81.5 cm³/mol. The molecule has 21 heavy (non-hydrogen) atoms. The summed E-state index contributed by atoms with van der Waals surface area (Å²) in [7, 11) is 0. The summed E-state index contributed by atoms with van der Waals surface area (Å²) in [5.74, 6) is -1.82. The van der Waals surface area contributed by atoms with Crippen molar-refractivity contribution in [2.75, 3.05) is 0 Å². The highest BCUT2D eigenvalue weighted by Gasteiger charge is 2.22. The smallest absolute Gasteiger partial charge is 0.308 e. The molecule has 2 unspecified atom stereocenters. The van der Waals surface area contributed by atoms with E-state index >= 15 is 0 Å². The first-order valence-electron chi connectivity index (χ1n) is 6.94. The Kier molecular flexibility index (Phi) is 4.02. The van der Waals surface area contributed by atoms with E-state index in [9.17, 15) is 9.59 Å². The van der Waals surface area contributed by atoms with Crippen LogP contribution in [-0.2, 0) is 4.79 Å². The lowest BCUT2D eigenvalue weighted by molar-refractivity contribution is -0.141. The summed E-state index contributed by atoms with van der Waals surface area (Å²) in [5.41, 5.74) is 3.47. The molecule has 2 atom stereocenters. The Morgan fingerprint density at radius 1 is 1.24 bits per heavy atom. The maximum atomic E-state index is 12.4. The van der Waals surface area contributed by atoms with Gasteiger partial charge in [0.1, 0.15) is 0 Å². The summed E-state index contributed by atoms with van der Waals surface area (Å²) in [4.78, 5) is 26.6. The highest BCUT2D eigenvalue weighted by atomic mass is 16.4. The van der Waals surface area contributed by atoms with Crippen molar-refractivity contribution in [3.05, 3.63) is 35.0 Å². The third kappa shape index (κ3) is 2.77. The minimum atomic E-state index is -0.924. The molecule has 0 aliphatic heterocycles. The van der Waals surface area contributed by atoms with Crippen molar-refractivity contribution in [2.24, 2.45) is 5.92 Å². The Hall–Kier alpha value is -2.30. The van der Waals surface area contributed by atoms with E-state index in [2.05, 4.69) is 10.3 Å². The van der Waals surface area contributed by atoms with E-state index in [1.165, 1.54) is 0 Å². The number of aliphatic carboxylic acids is 1. The van der Waals surface area contributed by atoms with Crippen LogP contribution in [0.4, 0.5) is 0 Å². The van der Waals surface area contributed by atoms with Gasteiger partial charge in [0.15, 0.2) is 0 Å². The Morgan fingerprint density at radius 3 is 2.52 bits per heavy atom. The number of hydrogen-bond donors (Lipinski definition) is 3. The number of carboxylic acids is 1. The van der Waals surface area contributed by atoms with E-state index in [1.54, 1.807) is 19.9 Å². The normalized spacial score (nSPS) is 13.9. The van der Waals surface area contributed by atoms with E-state index in [4.69, 9.17) is 5.11 Å². The molecule has 0 aliphatic rings. The molecule has 1 aromatic carbocycles. The summed E-state index contributed by atoms with van der Waals surface area (Å²) in [6, 6.07) is 5.10. The van der Waals surface area contributed by atoms with Gasteiger partial charge in [0, 0.05) is 17.1 Å². The highest BCUT2D eigenvalue weighted by Crippen LogP contribution is 2.24. The lowest BCUT2D eigenvalue weighted by atomic mass is 10.0. The molecule has 5 heteroatoms. The van der Waals surface area contributed by atoms with Crippen LogP contribution in [0.25, 0.3) is 10.9 Å². The van der Waals surface area contributed by atoms with Crippen LogP contribution < -0.4 is 5.32 Å². The molecule has 1 aromatic heterocycles. The van der Waals surface area contributed by atoms with Crippen LogP contribution in [0.1, 0.15) is 35.5 Å². The summed E-state index contributed by atoms with van der Waals surface area (Å²) in [6.45, 7) is 7.25. The van der Waals surface area contributed by atoms with E-state index in [-0.39, 0.29) is 5.91 Å². The third-order valence-corrected chi connectivity index (χ3v) is 4.09. The van der Waals surface area contributed by atoms with Crippen LogP contribution in [-0.4, -0.2) is 28.0 Å². The van der Waals surface area contributed by atoms with Crippen LogP contribution >= 0.6 is 0 Å². The second-order valence-corrected chi connectivity index (χ2v) is 5.49. The molecule has 5 nitrogen and oxygen atoms in total. The molecular weight excluding hydrogens is 268 g/mol. The largest absolute Gasteiger partial charge is 0.481 e. The van der Waals surface area contributed by atoms with Crippen molar-refractivity contribution >= 4 is 22.8 Å². The van der Waals surface area contributed by atoms with E-state index in [1.807, 2.05) is 26.0 Å².